The van der Waals surface area contributed by atoms with Crippen molar-refractivity contribution in [2.45, 2.75) is 19.1 Å². The van der Waals surface area contributed by atoms with Crippen LogP contribution in [0.1, 0.15) is 12.0 Å². The lowest BCUT2D eigenvalue weighted by molar-refractivity contribution is 0.0705. The zero-order valence-corrected chi connectivity index (χ0v) is 15.8. The van der Waals surface area contributed by atoms with Crippen molar-refractivity contribution in [2.75, 3.05) is 58.0 Å². The van der Waals surface area contributed by atoms with Crippen molar-refractivity contribution in [1.29, 1.82) is 0 Å². The van der Waals surface area contributed by atoms with Crippen molar-refractivity contribution in [3.05, 3.63) is 23.8 Å². The first-order chi connectivity index (χ1) is 12.2. The van der Waals surface area contributed by atoms with E-state index in [2.05, 4.69) is 10.2 Å². The fourth-order valence-electron chi connectivity index (χ4n) is 2.70. The molecule has 1 heterocycles. The summed E-state index contributed by atoms with van der Waals surface area (Å²) in [7, 11) is 1.62. The third-order valence-electron chi connectivity index (χ3n) is 4.07. The number of benzene rings is 1. The molecule has 7 heteroatoms. The Kier molecular flexibility index (Phi) is 9.42. The third-order valence-corrected chi connectivity index (χ3v) is 5.02. The number of hydrogen-bond donors (Lipinski definition) is 3. The van der Waals surface area contributed by atoms with Crippen molar-refractivity contribution >= 4 is 11.8 Å². The van der Waals surface area contributed by atoms with E-state index < -0.39 is 6.10 Å². The Hall–Kier alpha value is -0.990. The van der Waals surface area contributed by atoms with E-state index in [0.717, 1.165) is 43.1 Å². The molecule has 0 unspecified atom stereocenters. The molecule has 0 aliphatic carbocycles. The Labute approximate surface area is 154 Å². The van der Waals surface area contributed by atoms with Gasteiger partial charge in [0.2, 0.25) is 0 Å². The number of nitrogens with zero attached hydrogens (tertiary/aromatic N) is 1. The molecule has 0 radical (unpaired) electrons. The van der Waals surface area contributed by atoms with Crippen molar-refractivity contribution < 1.29 is 19.7 Å². The Morgan fingerprint density at radius 2 is 2.08 bits per heavy atom. The van der Waals surface area contributed by atoms with Gasteiger partial charge in [0.05, 0.1) is 7.11 Å². The van der Waals surface area contributed by atoms with Gasteiger partial charge in [0, 0.05) is 44.3 Å². The molecular formula is C18H30N2O4S. The molecule has 0 amide bonds. The zero-order chi connectivity index (χ0) is 17.9. The van der Waals surface area contributed by atoms with Crippen LogP contribution in [0.25, 0.3) is 0 Å². The van der Waals surface area contributed by atoms with E-state index in [-0.39, 0.29) is 13.2 Å². The van der Waals surface area contributed by atoms with Gasteiger partial charge in [-0.05, 0) is 30.7 Å². The summed E-state index contributed by atoms with van der Waals surface area (Å²) < 4.78 is 11.2. The largest absolute Gasteiger partial charge is 0.493 e. The average Bonchev–Trinajstić information content (AvgIpc) is 2.64. The predicted octanol–water partition coefficient (Wildman–Crippen LogP) is 0.956. The second-order valence-electron chi connectivity index (χ2n) is 6.12. The maximum atomic E-state index is 10.2. The molecule has 3 N–H and O–H groups in total. The molecule has 1 fully saturated rings. The number of rotatable bonds is 11. The van der Waals surface area contributed by atoms with Crippen molar-refractivity contribution in [1.82, 2.24) is 10.2 Å². The number of aliphatic hydroxyl groups excluding tert-OH is 2. The summed E-state index contributed by atoms with van der Waals surface area (Å²) in [5.74, 6) is 3.59. The molecule has 142 valence electrons. The Morgan fingerprint density at radius 1 is 1.28 bits per heavy atom. The Balaban J connectivity index is 1.79. The van der Waals surface area contributed by atoms with Crippen molar-refractivity contribution in [3.63, 3.8) is 0 Å². The molecule has 2 rings (SSSR count). The molecule has 1 aliphatic heterocycles. The third kappa shape index (κ3) is 7.42. The van der Waals surface area contributed by atoms with E-state index >= 15 is 0 Å². The summed E-state index contributed by atoms with van der Waals surface area (Å²) in [4.78, 5) is 2.28. The van der Waals surface area contributed by atoms with Crippen LogP contribution in [0.15, 0.2) is 18.2 Å². The topological polar surface area (TPSA) is 74.2 Å². The van der Waals surface area contributed by atoms with E-state index in [1.807, 2.05) is 30.0 Å². The number of thioether (sulfide) groups is 1. The standard InChI is InChI=1S/C18H30N2O4S/c1-23-18-11-15(12-19-5-2-8-21)3-4-17(18)24-14-16(22)13-20-6-9-25-10-7-20/h3-4,11,16,19,21-22H,2,5-10,12-14H2,1H3/t16-/m1/s1. The highest BCUT2D eigenvalue weighted by Crippen LogP contribution is 2.28. The van der Waals surface area contributed by atoms with Gasteiger partial charge >= 0.3 is 0 Å². The highest BCUT2D eigenvalue weighted by atomic mass is 32.2. The minimum Gasteiger partial charge on any atom is -0.493 e. The number of β-amino-alcohol motifs (C(OH)–C–C–N with tert-alkyl or cyclic N) is 1. The fourth-order valence-corrected chi connectivity index (χ4v) is 3.68. The van der Waals surface area contributed by atoms with Gasteiger partial charge in [0.25, 0.3) is 0 Å². The van der Waals surface area contributed by atoms with E-state index in [1.54, 1.807) is 7.11 Å². The molecular weight excluding hydrogens is 340 g/mol. The van der Waals surface area contributed by atoms with Crippen LogP contribution in [0.2, 0.25) is 0 Å². The average molecular weight is 371 g/mol. The second kappa shape index (κ2) is 11.6. The molecule has 1 aromatic rings. The van der Waals surface area contributed by atoms with Crippen LogP contribution in [-0.4, -0.2) is 79.2 Å². The van der Waals surface area contributed by atoms with Crippen LogP contribution in [0.5, 0.6) is 11.5 Å². The lowest BCUT2D eigenvalue weighted by Gasteiger charge is -2.28. The highest BCUT2D eigenvalue weighted by Gasteiger charge is 2.16. The van der Waals surface area contributed by atoms with Gasteiger partial charge < -0.3 is 25.0 Å². The normalized spacial score (nSPS) is 16.6. The van der Waals surface area contributed by atoms with Gasteiger partial charge in [-0.25, -0.2) is 0 Å². The summed E-state index contributed by atoms with van der Waals surface area (Å²) in [5, 5.41) is 22.3. The molecule has 0 spiro atoms. The summed E-state index contributed by atoms with van der Waals surface area (Å²) in [6.07, 6.45) is 0.235. The van der Waals surface area contributed by atoms with Gasteiger partial charge in [0.1, 0.15) is 12.7 Å². The first kappa shape index (κ1) is 20.3. The molecule has 1 saturated heterocycles. The van der Waals surface area contributed by atoms with Gasteiger partial charge in [-0.1, -0.05) is 6.07 Å². The van der Waals surface area contributed by atoms with Gasteiger partial charge in [0.15, 0.2) is 11.5 Å². The lowest BCUT2D eigenvalue weighted by Crippen LogP contribution is -2.40. The van der Waals surface area contributed by atoms with Gasteiger partial charge in [-0.2, -0.15) is 11.8 Å². The molecule has 1 aromatic carbocycles. The number of methoxy groups -OCH3 is 1. The fraction of sp³-hybridized carbons (Fsp3) is 0.667. The first-order valence-corrected chi connectivity index (χ1v) is 9.98. The van der Waals surface area contributed by atoms with Crippen LogP contribution in [0, 0.1) is 0 Å². The molecule has 0 saturated carbocycles. The number of aliphatic hydroxyl groups is 2. The van der Waals surface area contributed by atoms with Crippen LogP contribution in [-0.2, 0) is 6.54 Å². The van der Waals surface area contributed by atoms with E-state index in [9.17, 15) is 5.11 Å². The highest BCUT2D eigenvalue weighted by molar-refractivity contribution is 7.99. The maximum absolute atomic E-state index is 10.2. The molecule has 6 nitrogen and oxygen atoms in total. The van der Waals surface area contributed by atoms with E-state index in [4.69, 9.17) is 14.6 Å². The van der Waals surface area contributed by atoms with Crippen molar-refractivity contribution in [2.24, 2.45) is 0 Å². The smallest absolute Gasteiger partial charge is 0.161 e. The maximum Gasteiger partial charge on any atom is 0.161 e. The summed E-state index contributed by atoms with van der Waals surface area (Å²) in [5.41, 5.74) is 1.09. The number of hydrogen-bond acceptors (Lipinski definition) is 7. The van der Waals surface area contributed by atoms with Crippen molar-refractivity contribution in [3.8, 4) is 11.5 Å². The Bertz CT molecular complexity index is 498. The van der Waals surface area contributed by atoms with Crippen LogP contribution in [0.3, 0.4) is 0 Å². The lowest BCUT2D eigenvalue weighted by atomic mass is 10.2. The van der Waals surface area contributed by atoms with Gasteiger partial charge in [-0.3, -0.25) is 4.90 Å². The molecule has 0 aromatic heterocycles. The summed E-state index contributed by atoms with van der Waals surface area (Å²) in [6.45, 7) is 4.65. The van der Waals surface area contributed by atoms with Crippen LogP contribution >= 0.6 is 11.8 Å². The summed E-state index contributed by atoms with van der Waals surface area (Å²) in [6, 6.07) is 5.81. The molecule has 1 aliphatic rings. The molecule has 25 heavy (non-hydrogen) atoms. The zero-order valence-electron chi connectivity index (χ0n) is 14.9. The predicted molar refractivity (Wildman–Crippen MR) is 102 cm³/mol. The Morgan fingerprint density at radius 3 is 2.80 bits per heavy atom. The quantitative estimate of drug-likeness (QED) is 0.501. The van der Waals surface area contributed by atoms with E-state index in [1.165, 1.54) is 0 Å². The summed E-state index contributed by atoms with van der Waals surface area (Å²) >= 11 is 1.96. The minimum absolute atomic E-state index is 0.196. The number of ether oxygens (including phenoxy) is 2. The van der Waals surface area contributed by atoms with Crippen LogP contribution < -0.4 is 14.8 Å². The SMILES string of the molecule is COc1cc(CNCCCO)ccc1OC[C@H](O)CN1CCSCC1. The second-order valence-corrected chi connectivity index (χ2v) is 7.34. The molecule has 1 atom stereocenters. The molecule has 0 bridgehead atoms. The minimum atomic E-state index is -0.507. The first-order valence-electron chi connectivity index (χ1n) is 8.82. The van der Waals surface area contributed by atoms with E-state index in [0.29, 0.717) is 24.6 Å². The van der Waals surface area contributed by atoms with Gasteiger partial charge in [-0.15, -0.1) is 0 Å². The number of nitrogens with one attached hydrogen (secondary N) is 1. The van der Waals surface area contributed by atoms with Crippen LogP contribution in [0.4, 0.5) is 0 Å². The monoisotopic (exact) mass is 370 g/mol.